The summed E-state index contributed by atoms with van der Waals surface area (Å²) in [7, 11) is 3.32. The Morgan fingerprint density at radius 1 is 1.11 bits per heavy atom. The zero-order valence-electron chi connectivity index (χ0n) is 19.8. The third-order valence-electron chi connectivity index (χ3n) is 6.75. The van der Waals surface area contributed by atoms with Gasteiger partial charge in [0.2, 0.25) is 5.91 Å². The van der Waals surface area contributed by atoms with Crippen molar-refractivity contribution in [1.82, 2.24) is 20.4 Å². The van der Waals surface area contributed by atoms with Gasteiger partial charge in [0, 0.05) is 44.1 Å². The number of hydrogen-bond acceptors (Lipinski definition) is 4. The van der Waals surface area contributed by atoms with Crippen molar-refractivity contribution in [3.63, 3.8) is 0 Å². The van der Waals surface area contributed by atoms with E-state index in [0.29, 0.717) is 45.4 Å². The Morgan fingerprint density at radius 2 is 1.89 bits per heavy atom. The van der Waals surface area contributed by atoms with Crippen LogP contribution in [0.25, 0.3) is 11.3 Å². The molecule has 4 rings (SSSR count). The maximum absolute atomic E-state index is 14.1. The Kier molecular flexibility index (Phi) is 8.07. The normalized spacial score (nSPS) is 19.8. The molecular formula is C26H26Cl2F2N4O2. The van der Waals surface area contributed by atoms with Crippen molar-refractivity contribution in [3.8, 4) is 11.3 Å². The van der Waals surface area contributed by atoms with Crippen molar-refractivity contribution < 1.29 is 18.4 Å². The molecule has 10 heteroatoms. The number of nitrogens with one attached hydrogen (secondary N) is 2. The number of carbonyl (C=O) groups excluding carboxylic acids is 2. The van der Waals surface area contributed by atoms with Crippen molar-refractivity contribution in [2.75, 3.05) is 13.6 Å². The molecule has 1 amide bonds. The third kappa shape index (κ3) is 5.61. The lowest BCUT2D eigenvalue weighted by Gasteiger charge is -2.37. The van der Waals surface area contributed by atoms with Crippen LogP contribution >= 0.6 is 23.2 Å². The highest BCUT2D eigenvalue weighted by Crippen LogP contribution is 2.38. The summed E-state index contributed by atoms with van der Waals surface area (Å²) in [5, 5.41) is 10.9. The van der Waals surface area contributed by atoms with Gasteiger partial charge >= 0.3 is 0 Å². The van der Waals surface area contributed by atoms with Crippen LogP contribution in [0.15, 0.2) is 42.6 Å². The minimum absolute atomic E-state index is 0.116. The predicted molar refractivity (Wildman–Crippen MR) is 135 cm³/mol. The highest BCUT2D eigenvalue weighted by atomic mass is 35.5. The number of nitrogens with zero attached hydrogens (tertiary/aromatic N) is 2. The maximum Gasteiger partial charge on any atom is 0.221 e. The smallest absolute Gasteiger partial charge is 0.221 e. The lowest BCUT2D eigenvalue weighted by Crippen LogP contribution is -2.45. The molecule has 1 aromatic heterocycles. The maximum atomic E-state index is 14.1. The van der Waals surface area contributed by atoms with Crippen molar-refractivity contribution in [3.05, 3.63) is 75.4 Å². The van der Waals surface area contributed by atoms with Gasteiger partial charge in [-0.05, 0) is 48.6 Å². The summed E-state index contributed by atoms with van der Waals surface area (Å²) >= 11 is 12.7. The first-order valence-corrected chi connectivity index (χ1v) is 12.3. The first-order valence-electron chi connectivity index (χ1n) is 11.6. The van der Waals surface area contributed by atoms with E-state index >= 15 is 0 Å². The first kappa shape index (κ1) is 26.3. The fraction of sp³-hybridized carbons (Fsp3) is 0.346. The van der Waals surface area contributed by atoms with Crippen LogP contribution in [0.5, 0.6) is 0 Å². The quantitative estimate of drug-likeness (QED) is 0.411. The largest absolute Gasteiger partial charge is 0.359 e. The summed E-state index contributed by atoms with van der Waals surface area (Å²) in [6.45, 7) is 0.452. The Morgan fingerprint density at radius 3 is 2.53 bits per heavy atom. The monoisotopic (exact) mass is 534 g/mol. The molecule has 2 heterocycles. The Labute approximate surface area is 218 Å². The average Bonchev–Trinajstić information content (AvgIpc) is 3.19. The van der Waals surface area contributed by atoms with E-state index in [9.17, 15) is 18.4 Å². The lowest BCUT2D eigenvalue weighted by atomic mass is 9.75. The number of Topliss-reactive ketones (excluding diaryl/α,β-unsaturated/α-hetero) is 1. The van der Waals surface area contributed by atoms with Crippen LogP contribution in [0.2, 0.25) is 10.0 Å². The lowest BCUT2D eigenvalue weighted by molar-refractivity contribution is -0.121. The van der Waals surface area contributed by atoms with Gasteiger partial charge in [-0.2, -0.15) is 5.10 Å². The van der Waals surface area contributed by atoms with Crippen LogP contribution < -0.4 is 10.6 Å². The molecule has 0 radical (unpaired) electrons. The van der Waals surface area contributed by atoms with E-state index in [2.05, 4.69) is 15.7 Å². The molecule has 0 aliphatic carbocycles. The minimum Gasteiger partial charge on any atom is -0.359 e. The van der Waals surface area contributed by atoms with Gasteiger partial charge < -0.3 is 10.6 Å². The van der Waals surface area contributed by atoms with Gasteiger partial charge in [-0.15, -0.1) is 0 Å². The molecule has 3 atom stereocenters. The fourth-order valence-corrected chi connectivity index (χ4v) is 5.38. The van der Waals surface area contributed by atoms with Gasteiger partial charge in [0.1, 0.15) is 0 Å². The molecule has 1 unspecified atom stereocenters. The Balaban J connectivity index is 1.56. The molecule has 6 nitrogen and oxygen atoms in total. The molecule has 1 aliphatic rings. The topological polar surface area (TPSA) is 76.0 Å². The van der Waals surface area contributed by atoms with Gasteiger partial charge in [0.15, 0.2) is 17.4 Å². The van der Waals surface area contributed by atoms with Crippen molar-refractivity contribution in [1.29, 1.82) is 0 Å². The number of amides is 1. The highest BCUT2D eigenvalue weighted by molar-refractivity contribution is 6.36. The molecule has 1 saturated heterocycles. The van der Waals surface area contributed by atoms with Crippen LogP contribution in [0.3, 0.4) is 0 Å². The standard InChI is InChI=1S/C26H26Cl2F2N4O2/c1-31-25(36)11-17-10-19(14-4-6-22(29)23(30)8-14)16(12-32-17)9-24(35)15-3-5-18(20(27)7-15)26-21(28)13-33-34(26)2/h3-8,13,16-17,19,32H,9-12H2,1-2H3,(H,31,36)/t16-,17?,19+/m1/s1. The van der Waals surface area contributed by atoms with E-state index in [1.807, 2.05) is 0 Å². The number of aromatic nitrogens is 2. The number of halogens is 4. The van der Waals surface area contributed by atoms with E-state index in [0.717, 1.165) is 6.07 Å². The first-order chi connectivity index (χ1) is 17.2. The molecule has 36 heavy (non-hydrogen) atoms. The molecule has 2 aromatic carbocycles. The predicted octanol–water partition coefficient (Wildman–Crippen LogP) is 5.14. The average molecular weight is 535 g/mol. The van der Waals surface area contributed by atoms with Gasteiger partial charge in [-0.3, -0.25) is 14.3 Å². The number of benzene rings is 2. The second-order valence-corrected chi connectivity index (χ2v) is 9.86. The van der Waals surface area contributed by atoms with Crippen LogP contribution in [-0.2, 0) is 11.8 Å². The summed E-state index contributed by atoms with van der Waals surface area (Å²) in [5.74, 6) is -2.52. The number of aryl methyl sites for hydroxylation is 1. The molecule has 1 fully saturated rings. The highest BCUT2D eigenvalue weighted by Gasteiger charge is 2.34. The van der Waals surface area contributed by atoms with Gasteiger partial charge in [0.05, 0.1) is 21.9 Å². The number of ketones is 1. The summed E-state index contributed by atoms with van der Waals surface area (Å²) in [5.41, 5.74) is 2.36. The van der Waals surface area contributed by atoms with E-state index in [4.69, 9.17) is 23.2 Å². The Bertz CT molecular complexity index is 1280. The molecule has 0 bridgehead atoms. The number of rotatable bonds is 7. The molecule has 190 valence electrons. The molecular weight excluding hydrogens is 509 g/mol. The van der Waals surface area contributed by atoms with Crippen LogP contribution in [0.1, 0.15) is 41.1 Å². The molecule has 0 saturated carbocycles. The zero-order valence-corrected chi connectivity index (χ0v) is 21.3. The van der Waals surface area contributed by atoms with Gasteiger partial charge in [-0.25, -0.2) is 8.78 Å². The fourth-order valence-electron chi connectivity index (χ4n) is 4.84. The van der Waals surface area contributed by atoms with Crippen LogP contribution in [-0.4, -0.2) is 41.1 Å². The second kappa shape index (κ2) is 11.1. The van der Waals surface area contributed by atoms with Crippen molar-refractivity contribution >= 4 is 34.9 Å². The second-order valence-electron chi connectivity index (χ2n) is 9.04. The number of piperidine rings is 1. The molecule has 3 aromatic rings. The van der Waals surface area contributed by atoms with E-state index in [1.54, 1.807) is 43.0 Å². The molecule has 0 spiro atoms. The van der Waals surface area contributed by atoms with Crippen LogP contribution in [0.4, 0.5) is 8.78 Å². The summed E-state index contributed by atoms with van der Waals surface area (Å²) < 4.78 is 29.3. The summed E-state index contributed by atoms with van der Waals surface area (Å²) in [6, 6.07) is 8.73. The van der Waals surface area contributed by atoms with Crippen LogP contribution in [0, 0.1) is 17.6 Å². The van der Waals surface area contributed by atoms with Gasteiger partial charge in [-0.1, -0.05) is 41.4 Å². The minimum atomic E-state index is -0.935. The van der Waals surface area contributed by atoms with Crippen molar-refractivity contribution in [2.24, 2.45) is 13.0 Å². The zero-order chi connectivity index (χ0) is 26.0. The van der Waals surface area contributed by atoms with E-state index < -0.39 is 11.6 Å². The van der Waals surface area contributed by atoms with Gasteiger partial charge in [0.25, 0.3) is 0 Å². The summed E-state index contributed by atoms with van der Waals surface area (Å²) in [6.07, 6.45) is 2.46. The van der Waals surface area contributed by atoms with Crippen molar-refractivity contribution in [2.45, 2.75) is 31.2 Å². The Hall–Kier alpha value is -2.81. The van der Waals surface area contributed by atoms with E-state index in [1.165, 1.54) is 12.3 Å². The van der Waals surface area contributed by atoms with E-state index in [-0.39, 0.29) is 42.4 Å². The third-order valence-corrected chi connectivity index (χ3v) is 7.34. The molecule has 2 N–H and O–H groups in total. The number of carbonyl (C=O) groups is 2. The molecule has 1 aliphatic heterocycles. The number of hydrogen-bond donors (Lipinski definition) is 2. The SMILES string of the molecule is CNC(=O)CC1C[C@@H](c2ccc(F)c(F)c2)[C@H](CC(=O)c2ccc(-c3c(Cl)cnn3C)c(Cl)c2)CN1. The summed E-state index contributed by atoms with van der Waals surface area (Å²) in [4.78, 5) is 25.2.